The predicted octanol–water partition coefficient (Wildman–Crippen LogP) is 3.36. The molecule has 0 saturated carbocycles. The molecule has 0 radical (unpaired) electrons. The van der Waals surface area contributed by atoms with Crippen LogP contribution in [0.3, 0.4) is 0 Å². The quantitative estimate of drug-likeness (QED) is 0.551. The molecule has 2 N–H and O–H groups in total. The highest BCUT2D eigenvalue weighted by Crippen LogP contribution is 2.25. The lowest BCUT2D eigenvalue weighted by Gasteiger charge is -2.08. The van der Waals surface area contributed by atoms with Gasteiger partial charge in [0.05, 0.1) is 19.5 Å². The number of carboxylic acids is 2. The number of fused-ring (bicyclic) bond motifs is 2. The standard InChI is InChI=1S/C21H18N2O4/c24-20(25)9-14-11-22(18-7-3-1-5-16(14)18)13-23-12-15(10-21(26)27)17-6-2-4-8-19(17)23/h1-8,11-12H,9-10,13H2,(H,24,25)(H,26,27). The summed E-state index contributed by atoms with van der Waals surface area (Å²) in [6.07, 6.45) is 3.66. The minimum absolute atomic E-state index is 0.0375. The highest BCUT2D eigenvalue weighted by atomic mass is 16.4. The summed E-state index contributed by atoms with van der Waals surface area (Å²) in [4.78, 5) is 22.4. The van der Waals surface area contributed by atoms with Crippen LogP contribution in [0.25, 0.3) is 21.8 Å². The molecule has 0 unspecified atom stereocenters. The molecular formula is C21H18N2O4. The summed E-state index contributed by atoms with van der Waals surface area (Å²) >= 11 is 0. The zero-order valence-corrected chi connectivity index (χ0v) is 14.5. The van der Waals surface area contributed by atoms with Crippen molar-refractivity contribution in [2.75, 3.05) is 0 Å². The molecule has 0 saturated heterocycles. The molecule has 0 aliphatic rings. The topological polar surface area (TPSA) is 84.5 Å². The van der Waals surface area contributed by atoms with Gasteiger partial charge in [-0.1, -0.05) is 36.4 Å². The number of aromatic nitrogens is 2. The number of nitrogens with zero attached hydrogens (tertiary/aromatic N) is 2. The fraction of sp³-hybridized carbons (Fsp3) is 0.143. The third-order valence-corrected chi connectivity index (χ3v) is 4.73. The highest BCUT2D eigenvalue weighted by molar-refractivity contribution is 5.89. The van der Waals surface area contributed by atoms with Crippen molar-refractivity contribution in [1.29, 1.82) is 0 Å². The number of rotatable bonds is 6. The van der Waals surface area contributed by atoms with Crippen molar-refractivity contribution in [3.8, 4) is 0 Å². The van der Waals surface area contributed by atoms with Crippen molar-refractivity contribution in [2.45, 2.75) is 19.5 Å². The van der Waals surface area contributed by atoms with Crippen LogP contribution < -0.4 is 0 Å². The van der Waals surface area contributed by atoms with Crippen molar-refractivity contribution in [3.63, 3.8) is 0 Å². The van der Waals surface area contributed by atoms with Crippen LogP contribution in [0.2, 0.25) is 0 Å². The third kappa shape index (κ3) is 3.17. The maximum absolute atomic E-state index is 11.2. The van der Waals surface area contributed by atoms with E-state index in [9.17, 15) is 19.8 Å². The first-order valence-corrected chi connectivity index (χ1v) is 8.60. The average molecular weight is 362 g/mol. The SMILES string of the molecule is O=C(O)Cc1cn(Cn2cc(CC(=O)O)c3ccccc32)c2ccccc12. The highest BCUT2D eigenvalue weighted by Gasteiger charge is 2.14. The molecule has 0 spiro atoms. The molecule has 6 heteroatoms. The van der Waals surface area contributed by atoms with Gasteiger partial charge in [-0.2, -0.15) is 0 Å². The Bertz CT molecular complexity index is 1080. The van der Waals surface area contributed by atoms with Crippen LogP contribution >= 0.6 is 0 Å². The number of hydrogen-bond donors (Lipinski definition) is 2. The lowest BCUT2D eigenvalue weighted by molar-refractivity contribution is -0.137. The van der Waals surface area contributed by atoms with Gasteiger partial charge in [-0.3, -0.25) is 9.59 Å². The Balaban J connectivity index is 1.81. The van der Waals surface area contributed by atoms with Gasteiger partial charge in [-0.25, -0.2) is 0 Å². The Morgan fingerprint density at radius 2 is 1.11 bits per heavy atom. The molecule has 4 rings (SSSR count). The molecule has 2 heterocycles. The second-order valence-electron chi connectivity index (χ2n) is 6.57. The molecule has 136 valence electrons. The van der Waals surface area contributed by atoms with Gasteiger partial charge in [0.15, 0.2) is 0 Å². The van der Waals surface area contributed by atoms with E-state index in [2.05, 4.69) is 0 Å². The number of carbonyl (C=O) groups is 2. The van der Waals surface area contributed by atoms with E-state index in [1.165, 1.54) is 0 Å². The van der Waals surface area contributed by atoms with Gasteiger partial charge in [0.25, 0.3) is 0 Å². The number of para-hydroxylation sites is 2. The van der Waals surface area contributed by atoms with E-state index < -0.39 is 11.9 Å². The Labute approximate surface area is 154 Å². The van der Waals surface area contributed by atoms with Gasteiger partial charge >= 0.3 is 11.9 Å². The van der Waals surface area contributed by atoms with Crippen molar-refractivity contribution >= 4 is 33.7 Å². The van der Waals surface area contributed by atoms with E-state index in [-0.39, 0.29) is 12.8 Å². The average Bonchev–Trinajstić information content (AvgIpc) is 3.14. The van der Waals surface area contributed by atoms with Crippen molar-refractivity contribution < 1.29 is 19.8 Å². The third-order valence-electron chi connectivity index (χ3n) is 4.73. The van der Waals surface area contributed by atoms with E-state index >= 15 is 0 Å². The fourth-order valence-corrected chi connectivity index (χ4v) is 3.65. The molecular weight excluding hydrogens is 344 g/mol. The Morgan fingerprint density at radius 1 is 0.704 bits per heavy atom. The molecule has 2 aromatic carbocycles. The summed E-state index contributed by atoms with van der Waals surface area (Å²) in [6, 6.07) is 15.4. The number of hydrogen-bond acceptors (Lipinski definition) is 2. The predicted molar refractivity (Wildman–Crippen MR) is 102 cm³/mol. The lowest BCUT2D eigenvalue weighted by Crippen LogP contribution is -2.06. The molecule has 0 aliphatic heterocycles. The molecule has 0 atom stereocenters. The van der Waals surface area contributed by atoms with E-state index in [0.717, 1.165) is 32.9 Å². The Hall–Kier alpha value is -3.54. The zero-order valence-electron chi connectivity index (χ0n) is 14.5. The van der Waals surface area contributed by atoms with Crippen LogP contribution in [0, 0.1) is 0 Å². The maximum atomic E-state index is 11.2. The number of benzene rings is 2. The molecule has 6 nitrogen and oxygen atoms in total. The smallest absolute Gasteiger partial charge is 0.307 e. The summed E-state index contributed by atoms with van der Waals surface area (Å²) in [6.45, 7) is 0.472. The second-order valence-corrected chi connectivity index (χ2v) is 6.57. The summed E-state index contributed by atoms with van der Waals surface area (Å²) < 4.78 is 4.01. The molecule has 27 heavy (non-hydrogen) atoms. The largest absolute Gasteiger partial charge is 0.481 e. The summed E-state index contributed by atoms with van der Waals surface area (Å²) in [5, 5.41) is 20.2. The fourth-order valence-electron chi connectivity index (χ4n) is 3.65. The first-order chi connectivity index (χ1) is 13.0. The van der Waals surface area contributed by atoms with Gasteiger partial charge in [-0.15, -0.1) is 0 Å². The van der Waals surface area contributed by atoms with Gasteiger partial charge in [0, 0.05) is 34.2 Å². The van der Waals surface area contributed by atoms with Crippen molar-refractivity contribution in [1.82, 2.24) is 9.13 Å². The maximum Gasteiger partial charge on any atom is 0.307 e. The zero-order chi connectivity index (χ0) is 19.0. The molecule has 0 aliphatic carbocycles. The van der Waals surface area contributed by atoms with Crippen LogP contribution in [-0.2, 0) is 29.1 Å². The first kappa shape index (κ1) is 16.9. The number of aliphatic carboxylic acids is 2. The van der Waals surface area contributed by atoms with Crippen LogP contribution in [0.4, 0.5) is 0 Å². The van der Waals surface area contributed by atoms with Crippen LogP contribution in [0.5, 0.6) is 0 Å². The summed E-state index contributed by atoms with van der Waals surface area (Å²) in [5.74, 6) is -1.74. The van der Waals surface area contributed by atoms with Gasteiger partial charge in [0.2, 0.25) is 0 Å². The molecule has 0 fully saturated rings. The number of carboxylic acid groups (broad SMARTS) is 2. The van der Waals surface area contributed by atoms with Crippen molar-refractivity contribution in [2.24, 2.45) is 0 Å². The van der Waals surface area contributed by atoms with Gasteiger partial charge in [0.1, 0.15) is 0 Å². The molecule has 0 bridgehead atoms. The van der Waals surface area contributed by atoms with Crippen molar-refractivity contribution in [3.05, 3.63) is 72.1 Å². The monoisotopic (exact) mass is 362 g/mol. The van der Waals surface area contributed by atoms with Gasteiger partial charge in [-0.05, 0) is 23.3 Å². The van der Waals surface area contributed by atoms with E-state index in [0.29, 0.717) is 6.67 Å². The summed E-state index contributed by atoms with van der Waals surface area (Å²) in [5.41, 5.74) is 3.43. The van der Waals surface area contributed by atoms with Gasteiger partial charge < -0.3 is 19.3 Å². The van der Waals surface area contributed by atoms with Crippen LogP contribution in [-0.4, -0.2) is 31.3 Å². The molecule has 4 aromatic rings. The lowest BCUT2D eigenvalue weighted by atomic mass is 10.1. The minimum Gasteiger partial charge on any atom is -0.481 e. The molecule has 0 amide bonds. The summed E-state index contributed by atoms with van der Waals surface area (Å²) in [7, 11) is 0. The molecule has 2 aromatic heterocycles. The van der Waals surface area contributed by atoms with Crippen LogP contribution in [0.1, 0.15) is 11.1 Å². The van der Waals surface area contributed by atoms with E-state index in [1.807, 2.05) is 70.1 Å². The van der Waals surface area contributed by atoms with E-state index in [4.69, 9.17) is 0 Å². The Morgan fingerprint density at radius 3 is 1.52 bits per heavy atom. The first-order valence-electron chi connectivity index (χ1n) is 8.60. The second kappa shape index (κ2) is 6.64. The van der Waals surface area contributed by atoms with Crippen LogP contribution in [0.15, 0.2) is 60.9 Å². The normalized spacial score (nSPS) is 11.3. The minimum atomic E-state index is -0.868. The Kier molecular flexibility index (Phi) is 4.16. The van der Waals surface area contributed by atoms with E-state index in [1.54, 1.807) is 0 Å².